The van der Waals surface area contributed by atoms with Gasteiger partial charge in [0, 0.05) is 11.4 Å². The van der Waals surface area contributed by atoms with Crippen LogP contribution in [0.4, 0.5) is 11.4 Å². The number of nitrogens with one attached hydrogen (secondary N) is 1. The fourth-order valence-corrected chi connectivity index (χ4v) is 2.91. The van der Waals surface area contributed by atoms with Crippen molar-refractivity contribution in [2.75, 3.05) is 4.90 Å². The normalized spacial score (nSPS) is 17.3. The Bertz CT molecular complexity index is 559. The summed E-state index contributed by atoms with van der Waals surface area (Å²) in [6.45, 7) is 0. The lowest BCUT2D eigenvalue weighted by atomic mass is 10.2. The number of carbonyl (C=O) groups excluding carboxylic acids is 1. The van der Waals surface area contributed by atoms with Crippen LogP contribution in [-0.2, 0) is 16.1 Å². The average Bonchev–Trinajstić information content (AvgIpc) is 2.88. The maximum absolute atomic E-state index is 11.4. The Balaban J connectivity index is 2.02. The van der Waals surface area contributed by atoms with Crippen LogP contribution in [-0.4, -0.2) is 16.8 Å². The lowest BCUT2D eigenvalue weighted by Gasteiger charge is -2.23. The Kier molecular flexibility index (Phi) is 3.25. The van der Waals surface area contributed by atoms with Gasteiger partial charge in [-0.15, -0.1) is 0 Å². The third-order valence-electron chi connectivity index (χ3n) is 2.87. The minimum atomic E-state index is -0.0997. The molecule has 0 radical (unpaired) electrons. The lowest BCUT2D eigenvalue weighted by molar-refractivity contribution is -0.114. The molecule has 1 N–H and O–H groups in total. The second-order valence-electron chi connectivity index (χ2n) is 4.16. The topological polar surface area (TPSA) is 32.3 Å². The molecule has 0 saturated carbocycles. The summed E-state index contributed by atoms with van der Waals surface area (Å²) in [5.41, 5.74) is 2.01. The van der Waals surface area contributed by atoms with Gasteiger partial charge >= 0.3 is 11.4 Å². The molecule has 0 aliphatic carbocycles. The van der Waals surface area contributed by atoms with E-state index >= 15 is 0 Å². The predicted molar refractivity (Wildman–Crippen MR) is 80.4 cm³/mol. The molecule has 1 unspecified atom stereocenters. The molecule has 2 aromatic carbocycles. The van der Waals surface area contributed by atoms with Crippen molar-refractivity contribution in [3.05, 3.63) is 60.7 Å². The van der Waals surface area contributed by atoms with E-state index < -0.39 is 0 Å². The molecule has 2 aromatic rings. The molecule has 0 fully saturated rings. The summed E-state index contributed by atoms with van der Waals surface area (Å²) in [7, 11) is 0. The van der Waals surface area contributed by atoms with Crippen molar-refractivity contribution in [3.8, 4) is 0 Å². The van der Waals surface area contributed by atoms with Crippen LogP contribution in [0.5, 0.6) is 0 Å². The fraction of sp³-hybridized carbons (Fsp3) is 0.0667. The van der Waals surface area contributed by atoms with Crippen molar-refractivity contribution < 1.29 is 4.79 Å². The smallest absolute Gasteiger partial charge is 0.277 e. The number of rotatable bonds is 3. The lowest BCUT2D eigenvalue weighted by Crippen LogP contribution is -2.41. The zero-order valence-corrected chi connectivity index (χ0v) is 11.0. The number of carbonyl (C=O) groups is 1. The number of benzene rings is 2. The Morgan fingerprint density at radius 2 is 1.42 bits per heavy atom. The minimum absolute atomic E-state index is 0.0353. The van der Waals surface area contributed by atoms with Crippen LogP contribution in [0.3, 0.4) is 0 Å². The van der Waals surface area contributed by atoms with E-state index in [1.807, 2.05) is 60.7 Å². The van der Waals surface area contributed by atoms with Gasteiger partial charge in [0.15, 0.2) is 0 Å². The summed E-state index contributed by atoms with van der Waals surface area (Å²) in [4.78, 5) is 13.5. The number of hydrogen-bond acceptors (Lipinski definition) is 2. The molecule has 94 valence electrons. The molecule has 19 heavy (non-hydrogen) atoms. The number of amides is 1. The van der Waals surface area contributed by atoms with Crippen LogP contribution < -0.4 is 10.2 Å². The van der Waals surface area contributed by atoms with Gasteiger partial charge in [0.2, 0.25) is 11.4 Å². The van der Waals surface area contributed by atoms with E-state index in [9.17, 15) is 4.79 Å². The Morgan fingerprint density at radius 3 is 1.84 bits per heavy atom. The molecule has 0 bridgehead atoms. The molecule has 1 amide bonds. The van der Waals surface area contributed by atoms with E-state index in [0.29, 0.717) is 0 Å². The third-order valence-corrected chi connectivity index (χ3v) is 3.81. The molecule has 3 nitrogen and oxygen atoms in total. The van der Waals surface area contributed by atoms with Crippen molar-refractivity contribution in [1.29, 1.82) is 0 Å². The second-order valence-corrected chi connectivity index (χ2v) is 5.11. The monoisotopic (exact) mass is 269 g/mol. The maximum atomic E-state index is 11.4. The first-order valence-electron chi connectivity index (χ1n) is 6.03. The van der Waals surface area contributed by atoms with Crippen LogP contribution >= 0.6 is 0 Å². The quantitative estimate of drug-likeness (QED) is 0.684. The Morgan fingerprint density at radius 1 is 0.895 bits per heavy atom. The molecular formula is C15H13N2OS+. The number of para-hydroxylation sites is 2. The van der Waals surface area contributed by atoms with Gasteiger partial charge in [-0.05, 0) is 24.3 Å². The SMILES string of the molecule is O=C1C=[S+]C(N(c2ccccc2)c2ccccc2)N1. The van der Waals surface area contributed by atoms with Crippen molar-refractivity contribution >= 4 is 34.0 Å². The summed E-state index contributed by atoms with van der Waals surface area (Å²) in [6.07, 6.45) is 0. The van der Waals surface area contributed by atoms with Gasteiger partial charge in [-0.2, -0.15) is 0 Å². The summed E-state index contributed by atoms with van der Waals surface area (Å²) >= 11 is 1.49. The van der Waals surface area contributed by atoms with E-state index in [-0.39, 0.29) is 11.4 Å². The van der Waals surface area contributed by atoms with E-state index in [1.54, 1.807) is 5.37 Å². The first-order chi connectivity index (χ1) is 9.34. The van der Waals surface area contributed by atoms with Gasteiger partial charge in [0.1, 0.15) is 0 Å². The van der Waals surface area contributed by atoms with Gasteiger partial charge in [-0.3, -0.25) is 15.0 Å². The van der Waals surface area contributed by atoms with Crippen molar-refractivity contribution in [1.82, 2.24) is 5.32 Å². The Hall–Kier alpha value is -2.20. The molecule has 0 aromatic heterocycles. The van der Waals surface area contributed by atoms with Gasteiger partial charge in [0.05, 0.1) is 0 Å². The van der Waals surface area contributed by atoms with Crippen LogP contribution in [0.15, 0.2) is 60.7 Å². The largest absolute Gasteiger partial charge is 0.342 e. The molecular weight excluding hydrogens is 256 g/mol. The standard InChI is InChI=1S/C15H12N2OS/c18-14-11-19-15(16-14)17(12-7-3-1-4-8-12)13-9-5-2-6-10-13/h1-11,15H/p+1. The van der Waals surface area contributed by atoms with Crippen LogP contribution in [0, 0.1) is 0 Å². The summed E-state index contributed by atoms with van der Waals surface area (Å²) in [6, 6.07) is 20.1. The zero-order chi connectivity index (χ0) is 13.1. The first-order valence-corrected chi connectivity index (χ1v) is 6.97. The summed E-state index contributed by atoms with van der Waals surface area (Å²) in [5, 5.41) is 4.56. The molecule has 3 rings (SSSR count). The van der Waals surface area contributed by atoms with Gasteiger partial charge in [-0.1, -0.05) is 36.4 Å². The third kappa shape index (κ3) is 2.48. The first kappa shape index (κ1) is 11.9. The predicted octanol–water partition coefficient (Wildman–Crippen LogP) is 2.12. The van der Waals surface area contributed by atoms with E-state index in [4.69, 9.17) is 0 Å². The van der Waals surface area contributed by atoms with E-state index in [1.165, 1.54) is 11.4 Å². The molecule has 1 heterocycles. The van der Waals surface area contributed by atoms with Crippen molar-refractivity contribution in [2.24, 2.45) is 0 Å². The van der Waals surface area contributed by atoms with Crippen LogP contribution in [0.25, 0.3) is 0 Å². The molecule has 1 aliphatic heterocycles. The van der Waals surface area contributed by atoms with Gasteiger partial charge in [-0.25, -0.2) is 0 Å². The second kappa shape index (κ2) is 5.20. The van der Waals surface area contributed by atoms with Crippen molar-refractivity contribution in [3.63, 3.8) is 0 Å². The molecule has 1 atom stereocenters. The highest BCUT2D eigenvalue weighted by atomic mass is 32.1. The molecule has 0 spiro atoms. The van der Waals surface area contributed by atoms with Gasteiger partial charge in [0.25, 0.3) is 5.37 Å². The summed E-state index contributed by atoms with van der Waals surface area (Å²) in [5.74, 6) is -0.0353. The number of anilines is 2. The summed E-state index contributed by atoms with van der Waals surface area (Å²) < 4.78 is 0. The molecule has 1 aliphatic rings. The fourth-order valence-electron chi connectivity index (χ4n) is 2.04. The average molecular weight is 269 g/mol. The number of nitrogens with zero attached hydrogens (tertiary/aromatic N) is 1. The highest BCUT2D eigenvalue weighted by Crippen LogP contribution is 2.27. The van der Waals surface area contributed by atoms with E-state index in [0.717, 1.165) is 11.4 Å². The molecule has 4 heteroatoms. The highest BCUT2D eigenvalue weighted by Gasteiger charge is 2.34. The zero-order valence-electron chi connectivity index (χ0n) is 10.2. The van der Waals surface area contributed by atoms with Crippen molar-refractivity contribution in [2.45, 2.75) is 5.50 Å². The van der Waals surface area contributed by atoms with Crippen LogP contribution in [0.2, 0.25) is 0 Å². The van der Waals surface area contributed by atoms with Crippen LogP contribution in [0.1, 0.15) is 0 Å². The molecule has 0 saturated heterocycles. The van der Waals surface area contributed by atoms with Gasteiger partial charge < -0.3 is 0 Å². The van der Waals surface area contributed by atoms with E-state index in [2.05, 4.69) is 10.2 Å². The maximum Gasteiger partial charge on any atom is 0.342 e. The Labute approximate surface area is 115 Å². The number of hydrogen-bond donors (Lipinski definition) is 1. The highest BCUT2D eigenvalue weighted by molar-refractivity contribution is 7.80. The minimum Gasteiger partial charge on any atom is -0.277 e.